The molecule has 0 bridgehead atoms. The van der Waals surface area contributed by atoms with Crippen LogP contribution in [0, 0.1) is 6.92 Å². The predicted octanol–water partition coefficient (Wildman–Crippen LogP) is 3.15. The van der Waals surface area contributed by atoms with Crippen molar-refractivity contribution in [1.29, 1.82) is 0 Å². The van der Waals surface area contributed by atoms with Gasteiger partial charge in [-0.1, -0.05) is 29.8 Å². The van der Waals surface area contributed by atoms with Crippen LogP contribution in [-0.4, -0.2) is 44.9 Å². The molecule has 6 nitrogen and oxygen atoms in total. The quantitative estimate of drug-likeness (QED) is 0.602. The summed E-state index contributed by atoms with van der Waals surface area (Å²) in [5.41, 5.74) is 2.11. The van der Waals surface area contributed by atoms with Crippen molar-refractivity contribution in [3.05, 3.63) is 59.7 Å². The van der Waals surface area contributed by atoms with Crippen LogP contribution in [0.4, 0.5) is 0 Å². The molecule has 0 aliphatic heterocycles. The number of carbonyl (C=O) groups is 1. The minimum atomic E-state index is -3.68. The predicted molar refractivity (Wildman–Crippen MR) is 115 cm³/mol. The van der Waals surface area contributed by atoms with Gasteiger partial charge in [0.2, 0.25) is 15.9 Å². The van der Waals surface area contributed by atoms with Crippen LogP contribution in [0.2, 0.25) is 0 Å². The van der Waals surface area contributed by atoms with Crippen molar-refractivity contribution in [2.75, 3.05) is 20.1 Å². The number of rotatable bonds is 10. The molecule has 2 aromatic carbocycles. The number of ether oxygens (including phenoxy) is 1. The molecule has 0 aliphatic rings. The average Bonchev–Trinajstić information content (AvgIpc) is 2.65. The number of nitrogens with zero attached hydrogens (tertiary/aromatic N) is 1. The van der Waals surface area contributed by atoms with Gasteiger partial charge in [-0.2, -0.15) is 4.31 Å². The fourth-order valence-corrected chi connectivity index (χ4v) is 3.93. The summed E-state index contributed by atoms with van der Waals surface area (Å²) in [6.07, 6.45) is 1.68. The highest BCUT2D eigenvalue weighted by atomic mass is 32.2. The lowest BCUT2D eigenvalue weighted by Crippen LogP contribution is -2.38. The molecule has 0 saturated heterocycles. The van der Waals surface area contributed by atoms with Crippen molar-refractivity contribution in [2.24, 2.45) is 0 Å². The molecule has 0 atom stereocenters. The van der Waals surface area contributed by atoms with Crippen LogP contribution < -0.4 is 10.1 Å². The SMILES string of the molecule is Cc1ccc(S(=O)(=O)N(C)CC(=O)NCCCc2cccc(OC(C)C)c2)cc1. The molecule has 0 unspecified atom stereocenters. The molecule has 0 heterocycles. The first-order valence-corrected chi connectivity index (χ1v) is 11.2. The fraction of sp³-hybridized carbons (Fsp3) is 0.409. The van der Waals surface area contributed by atoms with Gasteiger partial charge >= 0.3 is 0 Å². The van der Waals surface area contributed by atoms with Gasteiger partial charge in [0, 0.05) is 13.6 Å². The standard InChI is InChI=1S/C22H30N2O4S/c1-17(2)28-20-9-5-7-19(15-20)8-6-14-23-22(25)16-24(4)29(26,27)21-12-10-18(3)11-13-21/h5,7,9-13,15,17H,6,8,14,16H2,1-4H3,(H,23,25). The summed E-state index contributed by atoms with van der Waals surface area (Å²) in [4.78, 5) is 12.3. The maximum atomic E-state index is 12.5. The van der Waals surface area contributed by atoms with Gasteiger partial charge in [0.25, 0.3) is 0 Å². The van der Waals surface area contributed by atoms with E-state index in [1.165, 1.54) is 7.05 Å². The van der Waals surface area contributed by atoms with Crippen molar-refractivity contribution >= 4 is 15.9 Å². The maximum Gasteiger partial charge on any atom is 0.243 e. The first kappa shape index (κ1) is 22.9. The van der Waals surface area contributed by atoms with E-state index in [4.69, 9.17) is 4.74 Å². The Bertz CT molecular complexity index is 909. The highest BCUT2D eigenvalue weighted by Crippen LogP contribution is 2.16. The molecule has 0 aliphatic carbocycles. The number of benzene rings is 2. The van der Waals surface area contributed by atoms with Crippen LogP contribution in [0.3, 0.4) is 0 Å². The lowest BCUT2D eigenvalue weighted by molar-refractivity contribution is -0.121. The minimum absolute atomic E-state index is 0.123. The second-order valence-corrected chi connectivity index (χ2v) is 9.39. The Hall–Kier alpha value is -2.38. The normalized spacial score (nSPS) is 11.7. The first-order chi connectivity index (χ1) is 13.7. The minimum Gasteiger partial charge on any atom is -0.491 e. The van der Waals surface area contributed by atoms with Gasteiger partial charge in [-0.25, -0.2) is 8.42 Å². The number of sulfonamides is 1. The second kappa shape index (κ2) is 10.4. The Balaban J connectivity index is 1.79. The summed E-state index contributed by atoms with van der Waals surface area (Å²) in [7, 11) is -2.27. The van der Waals surface area contributed by atoms with Crippen molar-refractivity contribution < 1.29 is 17.9 Å². The number of likely N-dealkylation sites (N-methyl/N-ethyl adjacent to an activating group) is 1. The van der Waals surface area contributed by atoms with E-state index in [-0.39, 0.29) is 23.5 Å². The summed E-state index contributed by atoms with van der Waals surface area (Å²) in [6.45, 7) is 6.12. The third-order valence-electron chi connectivity index (χ3n) is 4.33. The zero-order valence-corrected chi connectivity index (χ0v) is 18.3. The lowest BCUT2D eigenvalue weighted by atomic mass is 10.1. The number of amides is 1. The Morgan fingerprint density at radius 2 is 1.83 bits per heavy atom. The van der Waals surface area contributed by atoms with E-state index < -0.39 is 10.0 Å². The highest BCUT2D eigenvalue weighted by Gasteiger charge is 2.22. The lowest BCUT2D eigenvalue weighted by Gasteiger charge is -2.17. The zero-order chi connectivity index (χ0) is 21.4. The Kier molecular flexibility index (Phi) is 8.22. The van der Waals surface area contributed by atoms with Crippen LogP contribution in [0.25, 0.3) is 0 Å². The molecule has 2 aromatic rings. The largest absolute Gasteiger partial charge is 0.491 e. The van der Waals surface area contributed by atoms with E-state index in [0.717, 1.165) is 34.0 Å². The van der Waals surface area contributed by atoms with E-state index in [9.17, 15) is 13.2 Å². The van der Waals surface area contributed by atoms with Gasteiger partial charge in [0.1, 0.15) is 5.75 Å². The van der Waals surface area contributed by atoms with Crippen LogP contribution in [-0.2, 0) is 21.2 Å². The summed E-state index contributed by atoms with van der Waals surface area (Å²) in [5.74, 6) is 0.518. The number of hydrogen-bond acceptors (Lipinski definition) is 4. The third-order valence-corrected chi connectivity index (χ3v) is 6.15. The molecule has 0 spiro atoms. The van der Waals surface area contributed by atoms with Crippen molar-refractivity contribution in [2.45, 2.75) is 44.6 Å². The number of hydrogen-bond donors (Lipinski definition) is 1. The molecule has 29 heavy (non-hydrogen) atoms. The third kappa shape index (κ3) is 7.18. The molecule has 0 radical (unpaired) electrons. The van der Waals surface area contributed by atoms with E-state index in [1.54, 1.807) is 24.3 Å². The van der Waals surface area contributed by atoms with Gasteiger partial charge in [0.15, 0.2) is 0 Å². The molecular weight excluding hydrogens is 388 g/mol. The second-order valence-electron chi connectivity index (χ2n) is 7.34. The smallest absolute Gasteiger partial charge is 0.243 e. The number of aryl methyl sites for hydroxylation is 2. The van der Waals surface area contributed by atoms with E-state index in [1.807, 2.05) is 45.0 Å². The van der Waals surface area contributed by atoms with Gasteiger partial charge in [0.05, 0.1) is 17.5 Å². The van der Waals surface area contributed by atoms with E-state index >= 15 is 0 Å². The zero-order valence-electron chi connectivity index (χ0n) is 17.5. The van der Waals surface area contributed by atoms with Crippen LogP contribution in [0.1, 0.15) is 31.4 Å². The first-order valence-electron chi connectivity index (χ1n) is 9.74. The summed E-state index contributed by atoms with van der Waals surface area (Å²) in [5, 5.41) is 2.79. The van der Waals surface area contributed by atoms with Gasteiger partial charge in [-0.05, 0) is 63.4 Å². The van der Waals surface area contributed by atoms with Crippen LogP contribution >= 0.6 is 0 Å². The molecule has 158 valence electrons. The van der Waals surface area contributed by atoms with Crippen LogP contribution in [0.15, 0.2) is 53.4 Å². The van der Waals surface area contributed by atoms with Crippen molar-refractivity contribution in [1.82, 2.24) is 9.62 Å². The summed E-state index contributed by atoms with van der Waals surface area (Å²) in [6, 6.07) is 14.5. The number of carbonyl (C=O) groups excluding carboxylic acids is 1. The molecule has 0 aromatic heterocycles. The molecule has 7 heteroatoms. The summed E-state index contributed by atoms with van der Waals surface area (Å²) >= 11 is 0. The maximum absolute atomic E-state index is 12.5. The molecular formula is C22H30N2O4S. The molecule has 1 amide bonds. The molecule has 1 N–H and O–H groups in total. The highest BCUT2D eigenvalue weighted by molar-refractivity contribution is 7.89. The fourth-order valence-electron chi connectivity index (χ4n) is 2.80. The average molecular weight is 419 g/mol. The van der Waals surface area contributed by atoms with E-state index in [2.05, 4.69) is 5.32 Å². The Labute approximate surface area is 173 Å². The topological polar surface area (TPSA) is 75.7 Å². The van der Waals surface area contributed by atoms with Gasteiger partial charge in [-0.3, -0.25) is 4.79 Å². The molecule has 0 fully saturated rings. The van der Waals surface area contributed by atoms with Gasteiger partial charge in [-0.15, -0.1) is 0 Å². The Morgan fingerprint density at radius 1 is 1.14 bits per heavy atom. The molecule has 2 rings (SSSR count). The van der Waals surface area contributed by atoms with Crippen molar-refractivity contribution in [3.8, 4) is 5.75 Å². The van der Waals surface area contributed by atoms with E-state index in [0.29, 0.717) is 6.54 Å². The molecule has 0 saturated carbocycles. The van der Waals surface area contributed by atoms with Crippen LogP contribution in [0.5, 0.6) is 5.75 Å². The monoisotopic (exact) mass is 418 g/mol. The number of nitrogens with one attached hydrogen (secondary N) is 1. The van der Waals surface area contributed by atoms with Crippen molar-refractivity contribution in [3.63, 3.8) is 0 Å². The Morgan fingerprint density at radius 3 is 2.48 bits per heavy atom. The summed E-state index contributed by atoms with van der Waals surface area (Å²) < 4.78 is 31.8. The van der Waals surface area contributed by atoms with Gasteiger partial charge < -0.3 is 10.1 Å².